The first-order valence-corrected chi connectivity index (χ1v) is 7.80. The summed E-state index contributed by atoms with van der Waals surface area (Å²) in [7, 11) is -3.46. The number of hydrogen-bond donors (Lipinski definition) is 2. The molecular formula is C12H19N3O2S. The lowest BCUT2D eigenvalue weighted by molar-refractivity contribution is 0.575. The van der Waals surface area contributed by atoms with Gasteiger partial charge < -0.3 is 5.32 Å². The van der Waals surface area contributed by atoms with Gasteiger partial charge in [-0.2, -0.15) is 0 Å². The fourth-order valence-corrected chi connectivity index (χ4v) is 2.97. The Kier molecular flexibility index (Phi) is 4.19. The summed E-state index contributed by atoms with van der Waals surface area (Å²) in [6.07, 6.45) is 4.98. The second-order valence-corrected chi connectivity index (χ2v) is 6.25. The molecule has 0 amide bonds. The van der Waals surface area contributed by atoms with E-state index in [1.807, 2.05) is 6.92 Å². The third-order valence-corrected chi connectivity index (χ3v) is 4.44. The summed E-state index contributed by atoms with van der Waals surface area (Å²) in [4.78, 5) is 4.28. The highest BCUT2D eigenvalue weighted by atomic mass is 32.2. The van der Waals surface area contributed by atoms with E-state index in [9.17, 15) is 8.42 Å². The molecule has 0 unspecified atom stereocenters. The molecule has 0 spiro atoms. The lowest BCUT2D eigenvalue weighted by Crippen LogP contribution is -2.26. The van der Waals surface area contributed by atoms with Crippen LogP contribution >= 0.6 is 0 Å². The third-order valence-electron chi connectivity index (χ3n) is 2.95. The average molecular weight is 269 g/mol. The summed E-state index contributed by atoms with van der Waals surface area (Å²) in [6, 6.07) is 3.21. The number of pyridine rings is 1. The van der Waals surface area contributed by atoms with Gasteiger partial charge in [0.1, 0.15) is 10.7 Å². The lowest BCUT2D eigenvalue weighted by Gasteiger charge is -2.10. The van der Waals surface area contributed by atoms with Gasteiger partial charge in [-0.05, 0) is 31.4 Å². The van der Waals surface area contributed by atoms with E-state index >= 15 is 0 Å². The van der Waals surface area contributed by atoms with E-state index < -0.39 is 10.0 Å². The largest absolute Gasteiger partial charge is 0.369 e. The second-order valence-electron chi connectivity index (χ2n) is 4.51. The van der Waals surface area contributed by atoms with Crippen LogP contribution in [0.2, 0.25) is 0 Å². The monoisotopic (exact) mass is 269 g/mol. The van der Waals surface area contributed by atoms with E-state index in [0.29, 0.717) is 18.9 Å². The van der Waals surface area contributed by atoms with Gasteiger partial charge in [-0.1, -0.05) is 12.8 Å². The molecule has 0 radical (unpaired) electrons. The van der Waals surface area contributed by atoms with E-state index in [4.69, 9.17) is 0 Å². The Hall–Kier alpha value is -1.14. The van der Waals surface area contributed by atoms with Crippen molar-refractivity contribution < 1.29 is 8.42 Å². The van der Waals surface area contributed by atoms with Crippen LogP contribution in [-0.2, 0) is 10.0 Å². The fraction of sp³-hybridized carbons (Fsp3) is 0.583. The topological polar surface area (TPSA) is 71.1 Å². The van der Waals surface area contributed by atoms with Crippen LogP contribution in [0.15, 0.2) is 23.2 Å². The van der Waals surface area contributed by atoms with E-state index in [1.54, 1.807) is 18.3 Å². The standard InChI is InChI=1S/C12H19N3O2S/c1-2-13-12-11(4-3-8-14-12)18(16,17)15-9-7-10-5-6-10/h3-4,8,10,15H,2,5-7,9H2,1H3,(H,13,14). The zero-order valence-corrected chi connectivity index (χ0v) is 11.3. The number of hydrogen-bond acceptors (Lipinski definition) is 4. The molecule has 0 bridgehead atoms. The normalized spacial score (nSPS) is 15.6. The van der Waals surface area contributed by atoms with Crippen LogP contribution in [0.25, 0.3) is 0 Å². The molecule has 18 heavy (non-hydrogen) atoms. The molecule has 0 saturated heterocycles. The van der Waals surface area contributed by atoms with Crippen molar-refractivity contribution in [3.8, 4) is 0 Å². The number of nitrogens with zero attached hydrogens (tertiary/aromatic N) is 1. The van der Waals surface area contributed by atoms with Gasteiger partial charge in [-0.3, -0.25) is 0 Å². The molecule has 1 heterocycles. The maximum Gasteiger partial charge on any atom is 0.244 e. The number of sulfonamides is 1. The predicted molar refractivity (Wildman–Crippen MR) is 70.9 cm³/mol. The van der Waals surface area contributed by atoms with Gasteiger partial charge in [0.2, 0.25) is 10.0 Å². The molecule has 1 saturated carbocycles. The quantitative estimate of drug-likeness (QED) is 0.788. The average Bonchev–Trinajstić information content (AvgIpc) is 3.14. The summed E-state index contributed by atoms with van der Waals surface area (Å²) in [6.45, 7) is 3.06. The van der Waals surface area contributed by atoms with Crippen LogP contribution in [0.3, 0.4) is 0 Å². The van der Waals surface area contributed by atoms with Crippen LogP contribution in [0.1, 0.15) is 26.2 Å². The van der Waals surface area contributed by atoms with Crippen LogP contribution in [0, 0.1) is 5.92 Å². The molecular weight excluding hydrogens is 250 g/mol. The Labute approximate surface area is 108 Å². The molecule has 1 aromatic heterocycles. The molecule has 1 aromatic rings. The predicted octanol–water partition coefficient (Wildman–Crippen LogP) is 1.59. The molecule has 0 aromatic carbocycles. The Bertz CT molecular complexity index is 498. The summed E-state index contributed by atoms with van der Waals surface area (Å²) in [5.41, 5.74) is 0. The van der Waals surface area contributed by atoms with Gasteiger partial charge in [0.05, 0.1) is 0 Å². The Morgan fingerprint density at radius 2 is 2.22 bits per heavy atom. The van der Waals surface area contributed by atoms with E-state index in [0.717, 1.165) is 12.3 Å². The maximum absolute atomic E-state index is 12.1. The van der Waals surface area contributed by atoms with Crippen molar-refractivity contribution in [2.45, 2.75) is 31.1 Å². The van der Waals surface area contributed by atoms with E-state index in [-0.39, 0.29) is 4.90 Å². The Morgan fingerprint density at radius 3 is 2.89 bits per heavy atom. The van der Waals surface area contributed by atoms with Gasteiger partial charge in [0.25, 0.3) is 0 Å². The summed E-state index contributed by atoms with van der Waals surface area (Å²) >= 11 is 0. The van der Waals surface area contributed by atoms with Crippen molar-refractivity contribution in [1.29, 1.82) is 0 Å². The van der Waals surface area contributed by atoms with Gasteiger partial charge in [-0.25, -0.2) is 18.1 Å². The van der Waals surface area contributed by atoms with Crippen molar-refractivity contribution in [3.05, 3.63) is 18.3 Å². The molecule has 1 aliphatic carbocycles. The fourth-order valence-electron chi connectivity index (χ4n) is 1.79. The SMILES string of the molecule is CCNc1ncccc1S(=O)(=O)NCCC1CC1. The molecule has 6 heteroatoms. The highest BCUT2D eigenvalue weighted by Gasteiger charge is 2.23. The lowest BCUT2D eigenvalue weighted by atomic mass is 10.3. The highest BCUT2D eigenvalue weighted by Crippen LogP contribution is 2.31. The van der Waals surface area contributed by atoms with Gasteiger partial charge >= 0.3 is 0 Å². The highest BCUT2D eigenvalue weighted by molar-refractivity contribution is 7.89. The number of nitrogens with one attached hydrogen (secondary N) is 2. The summed E-state index contributed by atoms with van der Waals surface area (Å²) in [5, 5.41) is 2.96. The smallest absolute Gasteiger partial charge is 0.244 e. The van der Waals surface area contributed by atoms with Crippen LogP contribution < -0.4 is 10.0 Å². The van der Waals surface area contributed by atoms with Crippen molar-refractivity contribution in [2.75, 3.05) is 18.4 Å². The van der Waals surface area contributed by atoms with Crippen molar-refractivity contribution in [1.82, 2.24) is 9.71 Å². The van der Waals surface area contributed by atoms with Crippen LogP contribution in [0.4, 0.5) is 5.82 Å². The van der Waals surface area contributed by atoms with E-state index in [2.05, 4.69) is 15.0 Å². The van der Waals surface area contributed by atoms with Crippen molar-refractivity contribution >= 4 is 15.8 Å². The molecule has 100 valence electrons. The third kappa shape index (κ3) is 3.43. The molecule has 1 aliphatic rings. The Morgan fingerprint density at radius 1 is 1.44 bits per heavy atom. The van der Waals surface area contributed by atoms with Gasteiger partial charge in [-0.15, -0.1) is 0 Å². The second kappa shape index (κ2) is 5.67. The van der Waals surface area contributed by atoms with E-state index in [1.165, 1.54) is 12.8 Å². The number of anilines is 1. The zero-order chi connectivity index (χ0) is 13.0. The van der Waals surface area contributed by atoms with Crippen molar-refractivity contribution in [2.24, 2.45) is 5.92 Å². The zero-order valence-electron chi connectivity index (χ0n) is 10.5. The van der Waals surface area contributed by atoms with Gasteiger partial charge in [0.15, 0.2) is 0 Å². The summed E-state index contributed by atoms with van der Waals surface area (Å²) in [5.74, 6) is 1.13. The molecule has 0 aliphatic heterocycles. The van der Waals surface area contributed by atoms with Crippen LogP contribution in [0.5, 0.6) is 0 Å². The molecule has 5 nitrogen and oxygen atoms in total. The Balaban J connectivity index is 2.06. The van der Waals surface area contributed by atoms with Crippen LogP contribution in [-0.4, -0.2) is 26.5 Å². The van der Waals surface area contributed by atoms with Crippen molar-refractivity contribution in [3.63, 3.8) is 0 Å². The number of rotatable bonds is 7. The molecule has 2 rings (SSSR count). The minimum atomic E-state index is -3.46. The first-order chi connectivity index (χ1) is 8.63. The van der Waals surface area contributed by atoms with Gasteiger partial charge in [0, 0.05) is 19.3 Å². The maximum atomic E-state index is 12.1. The first-order valence-electron chi connectivity index (χ1n) is 6.32. The summed E-state index contributed by atoms with van der Waals surface area (Å²) < 4.78 is 26.9. The minimum Gasteiger partial charge on any atom is -0.369 e. The molecule has 1 fully saturated rings. The number of aromatic nitrogens is 1. The molecule has 0 atom stereocenters. The molecule has 2 N–H and O–H groups in total. The first kappa shape index (κ1) is 13.3. The minimum absolute atomic E-state index is 0.225.